The van der Waals surface area contributed by atoms with Crippen molar-refractivity contribution in [1.82, 2.24) is 0 Å². The third-order valence-electron chi connectivity index (χ3n) is 2.79. The van der Waals surface area contributed by atoms with Gasteiger partial charge in [0.1, 0.15) is 5.75 Å². The molecule has 2 N–H and O–H groups in total. The maximum Gasteiger partial charge on any atom is 0.137 e. The van der Waals surface area contributed by atoms with Crippen LogP contribution in [0.25, 0.3) is 0 Å². The van der Waals surface area contributed by atoms with Crippen molar-refractivity contribution in [3.8, 4) is 5.75 Å². The topological polar surface area (TPSA) is 35.2 Å². The lowest BCUT2D eigenvalue weighted by Gasteiger charge is -2.13. The van der Waals surface area contributed by atoms with Gasteiger partial charge in [0.05, 0.1) is 11.6 Å². The van der Waals surface area contributed by atoms with E-state index < -0.39 is 0 Å². The van der Waals surface area contributed by atoms with Crippen LogP contribution in [-0.2, 0) is 19.4 Å². The lowest BCUT2D eigenvalue weighted by molar-refractivity contribution is 0.406. The Kier molecular flexibility index (Phi) is 2.79. The van der Waals surface area contributed by atoms with Crippen molar-refractivity contribution in [1.29, 1.82) is 0 Å². The van der Waals surface area contributed by atoms with Gasteiger partial charge in [-0.1, -0.05) is 6.07 Å². The lowest BCUT2D eigenvalue weighted by atomic mass is 10.1. The fourth-order valence-electron chi connectivity index (χ4n) is 2.10. The number of methoxy groups -OCH3 is 1. The summed E-state index contributed by atoms with van der Waals surface area (Å²) in [6.45, 7) is 0.537. The fourth-order valence-corrected chi connectivity index (χ4v) is 2.97. The summed E-state index contributed by atoms with van der Waals surface area (Å²) < 4.78 is 6.47. The molecular formula is C11H14BrNO. The molecule has 14 heavy (non-hydrogen) atoms. The number of ether oxygens (including phenoxy) is 1. The van der Waals surface area contributed by atoms with Gasteiger partial charge in [-0.2, -0.15) is 0 Å². The van der Waals surface area contributed by atoms with Gasteiger partial charge in [0.2, 0.25) is 0 Å². The van der Waals surface area contributed by atoms with Crippen LogP contribution in [-0.4, -0.2) is 7.11 Å². The Hall–Kier alpha value is -0.540. The second kappa shape index (κ2) is 3.91. The fraction of sp³-hybridized carbons (Fsp3) is 0.455. The van der Waals surface area contributed by atoms with Gasteiger partial charge >= 0.3 is 0 Å². The van der Waals surface area contributed by atoms with Crippen molar-refractivity contribution < 1.29 is 4.74 Å². The molecule has 2 rings (SSSR count). The Bertz CT molecular complexity index is 363. The minimum atomic E-state index is 0.537. The van der Waals surface area contributed by atoms with Crippen LogP contribution in [0.3, 0.4) is 0 Å². The second-order valence-electron chi connectivity index (χ2n) is 3.58. The van der Waals surface area contributed by atoms with Gasteiger partial charge in [-0.25, -0.2) is 0 Å². The summed E-state index contributed by atoms with van der Waals surface area (Å²) in [4.78, 5) is 0. The zero-order valence-corrected chi connectivity index (χ0v) is 9.86. The number of rotatable bonds is 2. The van der Waals surface area contributed by atoms with Gasteiger partial charge in [-0.05, 0) is 46.3 Å². The third kappa shape index (κ3) is 1.44. The van der Waals surface area contributed by atoms with E-state index in [4.69, 9.17) is 10.5 Å². The first kappa shape index (κ1) is 9.99. The molecule has 0 saturated heterocycles. The average Bonchev–Trinajstić information content (AvgIpc) is 2.65. The lowest BCUT2D eigenvalue weighted by Crippen LogP contribution is -2.02. The SMILES string of the molecule is COc1c(CN)cc2c(c1Br)CCC2. The first-order chi connectivity index (χ1) is 6.77. The molecule has 0 radical (unpaired) electrons. The number of hydrogen-bond acceptors (Lipinski definition) is 2. The normalized spacial score (nSPS) is 14.2. The minimum Gasteiger partial charge on any atom is -0.495 e. The first-order valence-corrected chi connectivity index (χ1v) is 5.64. The summed E-state index contributed by atoms with van der Waals surface area (Å²) in [5.74, 6) is 0.910. The van der Waals surface area contributed by atoms with Gasteiger partial charge in [0, 0.05) is 12.1 Å². The van der Waals surface area contributed by atoms with Crippen molar-refractivity contribution in [2.24, 2.45) is 5.73 Å². The number of nitrogens with two attached hydrogens (primary N) is 1. The van der Waals surface area contributed by atoms with Crippen molar-refractivity contribution in [3.63, 3.8) is 0 Å². The van der Waals surface area contributed by atoms with Gasteiger partial charge < -0.3 is 10.5 Å². The zero-order chi connectivity index (χ0) is 10.1. The minimum absolute atomic E-state index is 0.537. The highest BCUT2D eigenvalue weighted by Crippen LogP contribution is 2.38. The molecule has 0 heterocycles. The van der Waals surface area contributed by atoms with Crippen LogP contribution in [0, 0.1) is 0 Å². The van der Waals surface area contributed by atoms with Crippen LogP contribution >= 0.6 is 15.9 Å². The van der Waals surface area contributed by atoms with Crippen molar-refractivity contribution in [2.45, 2.75) is 25.8 Å². The van der Waals surface area contributed by atoms with Crippen molar-refractivity contribution in [3.05, 3.63) is 27.2 Å². The van der Waals surface area contributed by atoms with Gasteiger partial charge in [-0.3, -0.25) is 0 Å². The maximum atomic E-state index is 5.69. The van der Waals surface area contributed by atoms with E-state index >= 15 is 0 Å². The van der Waals surface area contributed by atoms with Crippen molar-refractivity contribution in [2.75, 3.05) is 7.11 Å². The summed E-state index contributed by atoms with van der Waals surface area (Å²) >= 11 is 3.60. The molecule has 3 heteroatoms. The van der Waals surface area contributed by atoms with E-state index in [0.717, 1.165) is 22.2 Å². The molecule has 0 aromatic heterocycles. The average molecular weight is 256 g/mol. The van der Waals surface area contributed by atoms with E-state index in [0.29, 0.717) is 6.54 Å². The number of fused-ring (bicyclic) bond motifs is 1. The van der Waals surface area contributed by atoms with E-state index in [9.17, 15) is 0 Å². The second-order valence-corrected chi connectivity index (χ2v) is 4.37. The molecule has 2 nitrogen and oxygen atoms in total. The summed E-state index contributed by atoms with van der Waals surface area (Å²) in [6, 6.07) is 2.19. The van der Waals surface area contributed by atoms with E-state index in [1.54, 1.807) is 7.11 Å². The Morgan fingerprint density at radius 2 is 2.29 bits per heavy atom. The molecule has 76 valence electrons. The molecule has 0 spiro atoms. The Balaban J connectivity index is 2.60. The van der Waals surface area contributed by atoms with Crippen molar-refractivity contribution >= 4 is 15.9 Å². The van der Waals surface area contributed by atoms with Crippen LogP contribution < -0.4 is 10.5 Å². The Morgan fingerprint density at radius 3 is 2.93 bits per heavy atom. The summed E-state index contributed by atoms with van der Waals surface area (Å²) in [7, 11) is 1.70. The van der Waals surface area contributed by atoms with Crippen LogP contribution in [0.1, 0.15) is 23.1 Å². The maximum absolute atomic E-state index is 5.69. The highest BCUT2D eigenvalue weighted by molar-refractivity contribution is 9.10. The molecule has 1 aliphatic carbocycles. The van der Waals surface area contributed by atoms with Crippen LogP contribution in [0.4, 0.5) is 0 Å². The van der Waals surface area contributed by atoms with E-state index in [-0.39, 0.29) is 0 Å². The number of benzene rings is 1. The molecule has 1 aromatic carbocycles. The first-order valence-electron chi connectivity index (χ1n) is 4.85. The number of hydrogen-bond donors (Lipinski definition) is 1. The molecular weight excluding hydrogens is 242 g/mol. The summed E-state index contributed by atoms with van der Waals surface area (Å²) in [6.07, 6.45) is 3.56. The standard InChI is InChI=1S/C11H14BrNO/c1-14-11-8(6-13)5-7-3-2-4-9(7)10(11)12/h5H,2-4,6,13H2,1H3. The molecule has 0 atom stereocenters. The third-order valence-corrected chi connectivity index (χ3v) is 3.63. The molecule has 0 fully saturated rings. The van der Waals surface area contributed by atoms with E-state index in [1.807, 2.05) is 0 Å². The predicted octanol–water partition coefficient (Wildman–Crippen LogP) is 2.41. The van der Waals surface area contributed by atoms with E-state index in [1.165, 1.54) is 24.0 Å². The number of aryl methyl sites for hydroxylation is 1. The van der Waals surface area contributed by atoms with E-state index in [2.05, 4.69) is 22.0 Å². The monoisotopic (exact) mass is 255 g/mol. The highest BCUT2D eigenvalue weighted by atomic mass is 79.9. The largest absolute Gasteiger partial charge is 0.495 e. The molecule has 1 aliphatic rings. The van der Waals surface area contributed by atoms with Crippen LogP contribution in [0.2, 0.25) is 0 Å². The summed E-state index contributed by atoms with van der Waals surface area (Å²) in [5, 5.41) is 0. The van der Waals surface area contributed by atoms with Gasteiger partial charge in [-0.15, -0.1) is 0 Å². The molecule has 0 aliphatic heterocycles. The zero-order valence-electron chi connectivity index (χ0n) is 8.27. The number of halogens is 1. The molecule has 0 saturated carbocycles. The van der Waals surface area contributed by atoms with Crippen LogP contribution in [0.15, 0.2) is 10.5 Å². The smallest absolute Gasteiger partial charge is 0.137 e. The van der Waals surface area contributed by atoms with Crippen LogP contribution in [0.5, 0.6) is 5.75 Å². The highest BCUT2D eigenvalue weighted by Gasteiger charge is 2.19. The summed E-state index contributed by atoms with van der Waals surface area (Å²) in [5.41, 5.74) is 9.62. The molecule has 0 amide bonds. The molecule has 1 aromatic rings. The Labute approximate surface area is 92.6 Å². The predicted molar refractivity (Wildman–Crippen MR) is 60.6 cm³/mol. The van der Waals surface area contributed by atoms with Gasteiger partial charge in [0.15, 0.2) is 0 Å². The Morgan fingerprint density at radius 1 is 1.50 bits per heavy atom. The van der Waals surface area contributed by atoms with Gasteiger partial charge in [0.25, 0.3) is 0 Å². The molecule has 0 bridgehead atoms. The molecule has 0 unspecified atom stereocenters. The quantitative estimate of drug-likeness (QED) is 0.881.